The van der Waals surface area contributed by atoms with E-state index >= 15 is 0 Å². The van der Waals surface area contributed by atoms with Crippen LogP contribution in [0.15, 0.2) is 73.1 Å². The number of carbonyl (C=O) groups excluding carboxylic acids is 2. The van der Waals surface area contributed by atoms with Gasteiger partial charge in [0.15, 0.2) is 0 Å². The maximum absolute atomic E-state index is 13.1. The van der Waals surface area contributed by atoms with Crippen molar-refractivity contribution in [2.45, 2.75) is 12.5 Å². The summed E-state index contributed by atoms with van der Waals surface area (Å²) in [7, 11) is 0. The van der Waals surface area contributed by atoms with Crippen molar-refractivity contribution < 1.29 is 14.3 Å². The molecule has 1 fully saturated rings. The number of anilines is 1. The van der Waals surface area contributed by atoms with Crippen LogP contribution in [0.4, 0.5) is 10.5 Å². The monoisotopic (exact) mass is 433 g/mol. The van der Waals surface area contributed by atoms with Crippen molar-refractivity contribution in [3.8, 4) is 0 Å². The number of urea groups is 1. The summed E-state index contributed by atoms with van der Waals surface area (Å²) in [6.45, 7) is 3.02. The van der Waals surface area contributed by atoms with Crippen LogP contribution in [0.2, 0.25) is 0 Å². The molecule has 3 amide bonds. The van der Waals surface area contributed by atoms with E-state index in [1.54, 1.807) is 22.0 Å². The molecule has 2 N–H and O–H groups in total. The standard InChI is InChI=1S/C24H27N5O3/c30-23(28-11-13-32-14-12-28)22(20-9-5-2-6-10-20)16-25-24(31)27-21-15-26-29(18-21)17-19-7-3-1-4-8-19/h1-10,15,18,22H,11-14,16-17H2,(H2,25,27,31). The van der Waals surface area contributed by atoms with Gasteiger partial charge in [-0.3, -0.25) is 9.48 Å². The molecule has 2 aromatic carbocycles. The highest BCUT2D eigenvalue weighted by molar-refractivity contribution is 5.90. The lowest BCUT2D eigenvalue weighted by atomic mass is 9.97. The van der Waals surface area contributed by atoms with E-state index in [1.165, 1.54) is 0 Å². The molecule has 3 aromatic rings. The van der Waals surface area contributed by atoms with Gasteiger partial charge in [0, 0.05) is 25.8 Å². The first-order valence-electron chi connectivity index (χ1n) is 10.7. The van der Waals surface area contributed by atoms with Crippen LogP contribution in [-0.4, -0.2) is 59.5 Å². The van der Waals surface area contributed by atoms with Gasteiger partial charge < -0.3 is 20.3 Å². The van der Waals surface area contributed by atoms with Crippen molar-refractivity contribution in [2.75, 3.05) is 38.2 Å². The van der Waals surface area contributed by atoms with Gasteiger partial charge >= 0.3 is 6.03 Å². The van der Waals surface area contributed by atoms with Crippen LogP contribution in [0, 0.1) is 0 Å². The molecule has 166 valence electrons. The number of hydrogen-bond acceptors (Lipinski definition) is 4. The van der Waals surface area contributed by atoms with Gasteiger partial charge in [0.1, 0.15) is 0 Å². The molecule has 2 heterocycles. The number of nitrogens with zero attached hydrogens (tertiary/aromatic N) is 3. The molecule has 1 unspecified atom stereocenters. The van der Waals surface area contributed by atoms with Gasteiger partial charge in [0.05, 0.1) is 37.6 Å². The Morgan fingerprint density at radius 1 is 1.00 bits per heavy atom. The van der Waals surface area contributed by atoms with Gasteiger partial charge in [-0.2, -0.15) is 5.10 Å². The third-order valence-corrected chi connectivity index (χ3v) is 5.37. The number of nitrogens with one attached hydrogen (secondary N) is 2. The average molecular weight is 434 g/mol. The van der Waals surface area contributed by atoms with Crippen LogP contribution < -0.4 is 10.6 Å². The van der Waals surface area contributed by atoms with Crippen LogP contribution in [-0.2, 0) is 16.1 Å². The topological polar surface area (TPSA) is 88.5 Å². The number of rotatable bonds is 7. The molecule has 8 nitrogen and oxygen atoms in total. The molecule has 0 radical (unpaired) electrons. The van der Waals surface area contributed by atoms with E-state index < -0.39 is 5.92 Å². The predicted molar refractivity (Wildman–Crippen MR) is 121 cm³/mol. The largest absolute Gasteiger partial charge is 0.378 e. The summed E-state index contributed by atoms with van der Waals surface area (Å²) in [5, 5.41) is 9.94. The molecule has 1 aliphatic rings. The molecular formula is C24H27N5O3. The minimum atomic E-state index is -0.458. The summed E-state index contributed by atoms with van der Waals surface area (Å²) in [5.41, 5.74) is 2.59. The Kier molecular flexibility index (Phi) is 7.14. The molecule has 0 saturated carbocycles. The summed E-state index contributed by atoms with van der Waals surface area (Å²) in [5.74, 6) is -0.462. The molecule has 0 aliphatic carbocycles. The quantitative estimate of drug-likeness (QED) is 0.600. The summed E-state index contributed by atoms with van der Waals surface area (Å²) in [4.78, 5) is 27.4. The SMILES string of the molecule is O=C(NCC(C(=O)N1CCOCC1)c1ccccc1)Nc1cnn(Cc2ccccc2)c1. The van der Waals surface area contributed by atoms with Crippen LogP contribution in [0.25, 0.3) is 0 Å². The van der Waals surface area contributed by atoms with Crippen molar-refractivity contribution in [2.24, 2.45) is 0 Å². The van der Waals surface area contributed by atoms with Gasteiger partial charge in [-0.1, -0.05) is 60.7 Å². The number of amides is 3. The Hall–Kier alpha value is -3.65. The third kappa shape index (κ3) is 5.73. The van der Waals surface area contributed by atoms with Gasteiger partial charge in [0.25, 0.3) is 0 Å². The Bertz CT molecular complexity index is 1020. The minimum Gasteiger partial charge on any atom is -0.378 e. The van der Waals surface area contributed by atoms with Gasteiger partial charge in [-0.15, -0.1) is 0 Å². The lowest BCUT2D eigenvalue weighted by Crippen LogP contribution is -2.46. The maximum atomic E-state index is 13.1. The zero-order valence-electron chi connectivity index (χ0n) is 17.8. The Morgan fingerprint density at radius 2 is 1.69 bits per heavy atom. The third-order valence-electron chi connectivity index (χ3n) is 5.37. The number of ether oxygens (including phenoxy) is 1. The zero-order valence-corrected chi connectivity index (χ0v) is 17.8. The molecule has 8 heteroatoms. The van der Waals surface area contributed by atoms with Crippen LogP contribution >= 0.6 is 0 Å². The highest BCUT2D eigenvalue weighted by Crippen LogP contribution is 2.19. The Morgan fingerprint density at radius 3 is 2.41 bits per heavy atom. The highest BCUT2D eigenvalue weighted by Gasteiger charge is 2.27. The second-order valence-electron chi connectivity index (χ2n) is 7.65. The molecule has 32 heavy (non-hydrogen) atoms. The molecule has 4 rings (SSSR count). The zero-order chi connectivity index (χ0) is 22.2. The number of hydrogen-bond donors (Lipinski definition) is 2. The average Bonchev–Trinajstić information content (AvgIpc) is 3.27. The summed E-state index contributed by atoms with van der Waals surface area (Å²) in [6.07, 6.45) is 3.39. The first-order valence-corrected chi connectivity index (χ1v) is 10.7. The van der Waals surface area contributed by atoms with E-state index in [4.69, 9.17) is 4.74 Å². The highest BCUT2D eigenvalue weighted by atomic mass is 16.5. The minimum absolute atomic E-state index is 0.00418. The molecule has 1 atom stereocenters. The summed E-state index contributed by atoms with van der Waals surface area (Å²) < 4.78 is 7.12. The second-order valence-corrected chi connectivity index (χ2v) is 7.65. The molecule has 1 saturated heterocycles. The van der Waals surface area contributed by atoms with Crippen molar-refractivity contribution in [1.29, 1.82) is 0 Å². The summed E-state index contributed by atoms with van der Waals surface area (Å²) in [6, 6.07) is 19.1. The van der Waals surface area contributed by atoms with E-state index in [0.29, 0.717) is 38.5 Å². The van der Waals surface area contributed by atoms with E-state index in [2.05, 4.69) is 15.7 Å². The van der Waals surface area contributed by atoms with Crippen molar-refractivity contribution in [3.63, 3.8) is 0 Å². The number of carbonyl (C=O) groups is 2. The fourth-order valence-electron chi connectivity index (χ4n) is 3.69. The Balaban J connectivity index is 1.35. The molecule has 1 aliphatic heterocycles. The normalized spacial score (nSPS) is 14.6. The Labute approximate surface area is 187 Å². The lowest BCUT2D eigenvalue weighted by Gasteiger charge is -2.30. The fraction of sp³-hybridized carbons (Fsp3) is 0.292. The summed E-state index contributed by atoms with van der Waals surface area (Å²) >= 11 is 0. The van der Waals surface area contributed by atoms with E-state index in [9.17, 15) is 9.59 Å². The maximum Gasteiger partial charge on any atom is 0.319 e. The second kappa shape index (κ2) is 10.6. The first-order chi connectivity index (χ1) is 15.7. The van der Waals surface area contributed by atoms with E-state index in [1.807, 2.05) is 60.7 Å². The van der Waals surface area contributed by atoms with Gasteiger partial charge in [-0.25, -0.2) is 4.79 Å². The van der Waals surface area contributed by atoms with Crippen LogP contribution in [0.5, 0.6) is 0 Å². The number of benzene rings is 2. The van der Waals surface area contributed by atoms with Gasteiger partial charge in [-0.05, 0) is 11.1 Å². The molecule has 0 spiro atoms. The van der Waals surface area contributed by atoms with E-state index in [-0.39, 0.29) is 18.5 Å². The lowest BCUT2D eigenvalue weighted by molar-refractivity contribution is -0.136. The van der Waals surface area contributed by atoms with Gasteiger partial charge in [0.2, 0.25) is 5.91 Å². The van der Waals surface area contributed by atoms with Crippen molar-refractivity contribution in [3.05, 3.63) is 84.2 Å². The van der Waals surface area contributed by atoms with Crippen molar-refractivity contribution in [1.82, 2.24) is 20.0 Å². The smallest absolute Gasteiger partial charge is 0.319 e. The first kappa shape index (κ1) is 21.6. The van der Waals surface area contributed by atoms with Crippen molar-refractivity contribution >= 4 is 17.6 Å². The van der Waals surface area contributed by atoms with Crippen LogP contribution in [0.3, 0.4) is 0 Å². The molecule has 1 aromatic heterocycles. The number of morpholine rings is 1. The van der Waals surface area contributed by atoms with Crippen LogP contribution in [0.1, 0.15) is 17.0 Å². The van der Waals surface area contributed by atoms with E-state index in [0.717, 1.165) is 11.1 Å². The number of aromatic nitrogens is 2. The predicted octanol–water partition coefficient (Wildman–Crippen LogP) is 2.70. The molecule has 0 bridgehead atoms. The molecular weight excluding hydrogens is 406 g/mol. The fourth-order valence-corrected chi connectivity index (χ4v) is 3.69.